The first-order valence-corrected chi connectivity index (χ1v) is 10.5. The van der Waals surface area contributed by atoms with Crippen molar-refractivity contribution in [2.24, 2.45) is 4.99 Å². The molecule has 1 aliphatic rings. The lowest BCUT2D eigenvalue weighted by Crippen LogP contribution is -2.19. The van der Waals surface area contributed by atoms with E-state index in [9.17, 15) is 4.79 Å². The highest BCUT2D eigenvalue weighted by atomic mass is 35.5. The molecule has 7 heteroatoms. The van der Waals surface area contributed by atoms with Gasteiger partial charge >= 0.3 is 0 Å². The number of halogens is 1. The molecule has 0 bridgehead atoms. The summed E-state index contributed by atoms with van der Waals surface area (Å²) >= 11 is 8.78. The second-order valence-electron chi connectivity index (χ2n) is 6.03. The van der Waals surface area contributed by atoms with E-state index in [0.717, 1.165) is 9.99 Å². The number of amidine groups is 1. The maximum atomic E-state index is 12.2. The molecule has 1 N–H and O–H groups in total. The molecule has 1 aliphatic heterocycles. The van der Waals surface area contributed by atoms with Crippen LogP contribution in [-0.4, -0.2) is 11.1 Å². The number of hydrogen-bond donors (Lipinski definition) is 1. The van der Waals surface area contributed by atoms with E-state index in [2.05, 4.69) is 41.5 Å². The molecule has 28 heavy (non-hydrogen) atoms. The van der Waals surface area contributed by atoms with Gasteiger partial charge in [-0.1, -0.05) is 47.1 Å². The predicted molar refractivity (Wildman–Crippen MR) is 116 cm³/mol. The minimum absolute atomic E-state index is 0.199. The molecule has 0 atom stereocenters. The topological polar surface area (TPSA) is 54.6 Å². The molecule has 140 valence electrons. The van der Waals surface area contributed by atoms with Gasteiger partial charge in [0.05, 0.1) is 10.6 Å². The average molecular weight is 427 g/mol. The van der Waals surface area contributed by atoms with Crippen LogP contribution in [0.2, 0.25) is 5.02 Å². The highest BCUT2D eigenvalue weighted by molar-refractivity contribution is 8.18. The van der Waals surface area contributed by atoms with Crippen molar-refractivity contribution in [3.8, 4) is 0 Å². The van der Waals surface area contributed by atoms with E-state index in [0.29, 0.717) is 26.5 Å². The van der Waals surface area contributed by atoms with E-state index in [1.807, 2.05) is 24.3 Å². The molecular weight excluding hydrogens is 412 g/mol. The van der Waals surface area contributed by atoms with Gasteiger partial charge in [0.25, 0.3) is 5.91 Å². The molecule has 4 nitrogen and oxygen atoms in total. The van der Waals surface area contributed by atoms with E-state index in [-0.39, 0.29) is 5.91 Å². The monoisotopic (exact) mass is 426 g/mol. The Morgan fingerprint density at radius 2 is 1.96 bits per heavy atom. The van der Waals surface area contributed by atoms with E-state index in [1.54, 1.807) is 18.2 Å². The average Bonchev–Trinajstić information content (AvgIpc) is 3.24. The molecule has 1 amide bonds. The second-order valence-corrected chi connectivity index (χ2v) is 8.58. The van der Waals surface area contributed by atoms with Gasteiger partial charge in [-0.25, -0.2) is 4.99 Å². The predicted octanol–water partition coefficient (Wildman–Crippen LogP) is 6.28. The third-order valence-electron chi connectivity index (χ3n) is 3.80. The lowest BCUT2D eigenvalue weighted by Gasteiger charge is -1.98. The van der Waals surface area contributed by atoms with Crippen LogP contribution in [0.25, 0.3) is 6.08 Å². The number of thioether (sulfide) groups is 1. The molecule has 4 rings (SSSR count). The summed E-state index contributed by atoms with van der Waals surface area (Å²) in [5.74, 6) is 0.422. The summed E-state index contributed by atoms with van der Waals surface area (Å²) < 4.78 is 5.83. The zero-order valence-electron chi connectivity index (χ0n) is 14.8. The number of carbonyl (C=O) groups excluding carboxylic acids is 1. The molecule has 0 aliphatic carbocycles. The molecule has 1 saturated heterocycles. The van der Waals surface area contributed by atoms with Gasteiger partial charge in [0.15, 0.2) is 10.3 Å². The van der Waals surface area contributed by atoms with Crippen LogP contribution in [0.4, 0.5) is 5.69 Å². The summed E-state index contributed by atoms with van der Waals surface area (Å²) in [6.45, 7) is 2.06. The van der Waals surface area contributed by atoms with Crippen molar-refractivity contribution in [2.45, 2.75) is 16.9 Å². The summed E-state index contributed by atoms with van der Waals surface area (Å²) in [5.41, 5.74) is 1.90. The van der Waals surface area contributed by atoms with Crippen molar-refractivity contribution < 1.29 is 9.21 Å². The summed E-state index contributed by atoms with van der Waals surface area (Å²) in [6, 6.07) is 19.1. The summed E-state index contributed by atoms with van der Waals surface area (Å²) in [4.78, 5) is 18.3. The molecule has 1 aromatic heterocycles. The molecule has 0 radical (unpaired) electrons. The molecular formula is C21H15ClN2O2S2. The minimum Gasteiger partial charge on any atom is -0.450 e. The van der Waals surface area contributed by atoms with Crippen LogP contribution in [0.3, 0.4) is 0 Å². The van der Waals surface area contributed by atoms with Crippen molar-refractivity contribution >= 4 is 58.0 Å². The van der Waals surface area contributed by atoms with Crippen LogP contribution in [0.15, 0.2) is 85.0 Å². The minimum atomic E-state index is -0.199. The van der Waals surface area contributed by atoms with Gasteiger partial charge in [-0.15, -0.1) is 0 Å². The van der Waals surface area contributed by atoms with Crippen molar-refractivity contribution in [1.82, 2.24) is 5.32 Å². The smallest absolute Gasteiger partial charge is 0.264 e. The first kappa shape index (κ1) is 18.9. The van der Waals surface area contributed by atoms with Gasteiger partial charge in [-0.05, 0) is 61.2 Å². The highest BCUT2D eigenvalue weighted by Crippen LogP contribution is 2.32. The van der Waals surface area contributed by atoms with Crippen LogP contribution in [-0.2, 0) is 4.79 Å². The van der Waals surface area contributed by atoms with Crippen molar-refractivity contribution in [2.75, 3.05) is 0 Å². The van der Waals surface area contributed by atoms with Crippen molar-refractivity contribution in [3.05, 3.63) is 81.9 Å². The second kappa shape index (κ2) is 8.31. The standard InChI is InChI=1S/C21H15ClN2O2S2/c1-13-5-8-17(9-6-13)27-19-10-7-16(26-19)12-18-20(25)24-21(28-18)23-15-4-2-3-14(22)11-15/h2-12H,1H3,(H,23,24,25)/b18-12-. The van der Waals surface area contributed by atoms with E-state index < -0.39 is 0 Å². The Morgan fingerprint density at radius 1 is 1.14 bits per heavy atom. The van der Waals surface area contributed by atoms with Gasteiger partial charge in [0.1, 0.15) is 5.76 Å². The fourth-order valence-corrected chi connectivity index (χ4v) is 4.25. The molecule has 0 spiro atoms. The molecule has 2 heterocycles. The number of amides is 1. The Balaban J connectivity index is 1.48. The Hall–Kier alpha value is -2.41. The van der Waals surface area contributed by atoms with Crippen molar-refractivity contribution in [1.29, 1.82) is 0 Å². The van der Waals surface area contributed by atoms with Crippen LogP contribution in [0.1, 0.15) is 11.3 Å². The number of hydrogen-bond acceptors (Lipinski definition) is 5. The fourth-order valence-electron chi connectivity index (χ4n) is 2.46. The number of aliphatic imine (C=N–C) groups is 1. The molecule has 0 unspecified atom stereocenters. The molecule has 1 fully saturated rings. The SMILES string of the molecule is Cc1ccc(Sc2ccc(/C=C3\SC(=Nc4cccc(Cl)c4)NC3=O)o2)cc1. The Bertz CT molecular complexity index is 1090. The van der Waals surface area contributed by atoms with Crippen molar-refractivity contribution in [3.63, 3.8) is 0 Å². The lowest BCUT2D eigenvalue weighted by molar-refractivity contribution is -0.115. The lowest BCUT2D eigenvalue weighted by atomic mass is 10.2. The number of nitrogens with one attached hydrogen (secondary N) is 1. The normalized spacial score (nSPS) is 16.7. The van der Waals surface area contributed by atoms with E-state index in [1.165, 1.54) is 29.1 Å². The number of rotatable bonds is 4. The first-order chi connectivity index (χ1) is 13.5. The summed E-state index contributed by atoms with van der Waals surface area (Å²) in [5, 5.41) is 4.64. The van der Waals surface area contributed by atoms with Crippen LogP contribution in [0, 0.1) is 6.92 Å². The number of benzene rings is 2. The maximum absolute atomic E-state index is 12.2. The molecule has 0 saturated carbocycles. The van der Waals surface area contributed by atoms with Gasteiger partial charge in [0, 0.05) is 16.0 Å². The number of furan rings is 1. The summed E-state index contributed by atoms with van der Waals surface area (Å²) in [6.07, 6.45) is 1.72. The highest BCUT2D eigenvalue weighted by Gasteiger charge is 2.24. The Labute approximate surface area is 176 Å². The first-order valence-electron chi connectivity index (χ1n) is 8.45. The van der Waals surface area contributed by atoms with Gasteiger partial charge in [0.2, 0.25) is 0 Å². The Kier molecular flexibility index (Phi) is 5.62. The van der Waals surface area contributed by atoms with Crippen LogP contribution in [0.5, 0.6) is 0 Å². The summed E-state index contributed by atoms with van der Waals surface area (Å²) in [7, 11) is 0. The zero-order valence-corrected chi connectivity index (χ0v) is 17.2. The number of nitrogens with zero attached hydrogens (tertiary/aromatic N) is 1. The molecule has 3 aromatic rings. The van der Waals surface area contributed by atoms with E-state index >= 15 is 0 Å². The molecule has 2 aromatic carbocycles. The van der Waals surface area contributed by atoms with Gasteiger partial charge in [-0.3, -0.25) is 4.79 Å². The number of carbonyl (C=O) groups is 1. The van der Waals surface area contributed by atoms with Gasteiger partial charge < -0.3 is 9.73 Å². The van der Waals surface area contributed by atoms with Gasteiger partial charge in [-0.2, -0.15) is 0 Å². The third kappa shape index (κ3) is 4.70. The Morgan fingerprint density at radius 3 is 2.75 bits per heavy atom. The van der Waals surface area contributed by atoms with Crippen LogP contribution >= 0.6 is 35.1 Å². The third-order valence-corrected chi connectivity index (χ3v) is 5.88. The zero-order chi connectivity index (χ0) is 19.5. The van der Waals surface area contributed by atoms with E-state index in [4.69, 9.17) is 16.0 Å². The quantitative estimate of drug-likeness (QED) is 0.498. The fraction of sp³-hybridized carbons (Fsp3) is 0.0476. The van der Waals surface area contributed by atoms with Crippen LogP contribution < -0.4 is 5.32 Å². The maximum Gasteiger partial charge on any atom is 0.264 e. The largest absolute Gasteiger partial charge is 0.450 e. The number of aryl methyl sites for hydroxylation is 1.